The number of allylic oxidation sites excluding steroid dienone is 1. The predicted octanol–water partition coefficient (Wildman–Crippen LogP) is 4.15. The molecule has 0 aliphatic carbocycles. The Hall–Kier alpha value is -0.800. The van der Waals surface area contributed by atoms with E-state index in [0.717, 1.165) is 15.6 Å². The zero-order chi connectivity index (χ0) is 12.1. The smallest absolute Gasteiger partial charge is 0.311 e. The molecule has 0 saturated heterocycles. The normalized spacial score (nSPS) is 13.6. The minimum Gasteiger partial charge on any atom is -0.481 e. The number of benzene rings is 1. The topological polar surface area (TPSA) is 37.3 Å². The average molecular weight is 304 g/mol. The van der Waals surface area contributed by atoms with E-state index in [1.807, 2.05) is 31.2 Å². The van der Waals surface area contributed by atoms with Gasteiger partial charge < -0.3 is 5.11 Å². The highest BCUT2D eigenvalue weighted by Gasteiger charge is 2.19. The standard InChI is InChI=1S/C12H12BrClO2/c1-8(7-14)6-11(12(15)16)9-2-4-10(13)5-3-9/h2-5,7,11H,6H2,1H3,(H,15,16)/b8-7-. The second-order valence-electron chi connectivity index (χ2n) is 3.60. The average Bonchev–Trinajstić information content (AvgIpc) is 2.26. The summed E-state index contributed by atoms with van der Waals surface area (Å²) in [4.78, 5) is 11.2. The molecule has 2 nitrogen and oxygen atoms in total. The van der Waals surface area contributed by atoms with Gasteiger partial charge in [0.2, 0.25) is 0 Å². The predicted molar refractivity (Wildman–Crippen MR) is 68.7 cm³/mol. The van der Waals surface area contributed by atoms with Crippen LogP contribution in [0.1, 0.15) is 24.8 Å². The minimum absolute atomic E-state index is 0.431. The highest BCUT2D eigenvalue weighted by Crippen LogP contribution is 2.25. The summed E-state index contributed by atoms with van der Waals surface area (Å²) in [5.74, 6) is -1.37. The van der Waals surface area contributed by atoms with Gasteiger partial charge in [0.25, 0.3) is 0 Å². The molecule has 4 heteroatoms. The first-order valence-electron chi connectivity index (χ1n) is 4.78. The van der Waals surface area contributed by atoms with Gasteiger partial charge in [-0.25, -0.2) is 0 Å². The molecule has 0 aromatic heterocycles. The third kappa shape index (κ3) is 3.65. The first-order chi connectivity index (χ1) is 7.54. The van der Waals surface area contributed by atoms with Crippen molar-refractivity contribution >= 4 is 33.5 Å². The maximum absolute atomic E-state index is 11.2. The number of rotatable bonds is 4. The summed E-state index contributed by atoms with van der Waals surface area (Å²) in [6, 6.07) is 7.30. The second kappa shape index (κ2) is 6.06. The van der Waals surface area contributed by atoms with Gasteiger partial charge in [-0.2, -0.15) is 0 Å². The first kappa shape index (κ1) is 13.3. The van der Waals surface area contributed by atoms with E-state index in [2.05, 4.69) is 15.9 Å². The van der Waals surface area contributed by atoms with Crippen LogP contribution in [-0.4, -0.2) is 11.1 Å². The molecule has 0 radical (unpaired) electrons. The van der Waals surface area contributed by atoms with Crippen molar-refractivity contribution in [3.05, 3.63) is 45.4 Å². The van der Waals surface area contributed by atoms with Gasteiger partial charge in [0.1, 0.15) is 0 Å². The van der Waals surface area contributed by atoms with Crippen molar-refractivity contribution in [2.75, 3.05) is 0 Å². The Balaban J connectivity index is 2.94. The molecule has 0 fully saturated rings. The van der Waals surface area contributed by atoms with E-state index in [-0.39, 0.29) is 0 Å². The minimum atomic E-state index is -0.833. The van der Waals surface area contributed by atoms with Crippen LogP contribution in [0, 0.1) is 0 Å². The fourth-order valence-electron chi connectivity index (χ4n) is 1.41. The molecule has 0 saturated carbocycles. The van der Waals surface area contributed by atoms with E-state index in [1.54, 1.807) is 0 Å². The van der Waals surface area contributed by atoms with Crippen LogP contribution in [0.5, 0.6) is 0 Å². The molecule has 1 aromatic rings. The van der Waals surface area contributed by atoms with Gasteiger partial charge in [-0.3, -0.25) is 4.79 Å². The SMILES string of the molecule is C/C(=C/Cl)CC(C(=O)O)c1ccc(Br)cc1. The maximum atomic E-state index is 11.2. The lowest BCUT2D eigenvalue weighted by Gasteiger charge is -2.12. The quantitative estimate of drug-likeness (QED) is 0.907. The molecule has 0 spiro atoms. The summed E-state index contributed by atoms with van der Waals surface area (Å²) in [7, 11) is 0. The number of carbonyl (C=O) groups is 1. The van der Waals surface area contributed by atoms with Gasteiger partial charge in [0.05, 0.1) is 5.92 Å². The molecule has 1 atom stereocenters. The van der Waals surface area contributed by atoms with Gasteiger partial charge in [0, 0.05) is 10.0 Å². The van der Waals surface area contributed by atoms with Crippen molar-refractivity contribution in [1.29, 1.82) is 0 Å². The Morgan fingerprint density at radius 1 is 1.50 bits per heavy atom. The van der Waals surface area contributed by atoms with Crippen LogP contribution in [0.4, 0.5) is 0 Å². The first-order valence-corrected chi connectivity index (χ1v) is 6.01. The van der Waals surface area contributed by atoms with Crippen LogP contribution in [-0.2, 0) is 4.79 Å². The Labute approximate surface area is 108 Å². The third-order valence-electron chi connectivity index (χ3n) is 2.28. The molecule has 86 valence electrons. The number of carboxylic acids is 1. The molecule has 1 rings (SSSR count). The summed E-state index contributed by atoms with van der Waals surface area (Å²) >= 11 is 8.87. The van der Waals surface area contributed by atoms with Crippen LogP contribution in [0.3, 0.4) is 0 Å². The molecular weight excluding hydrogens is 291 g/mol. The number of halogens is 2. The van der Waals surface area contributed by atoms with Crippen LogP contribution in [0.15, 0.2) is 39.8 Å². The number of hydrogen-bond acceptors (Lipinski definition) is 1. The molecular formula is C12H12BrClO2. The lowest BCUT2D eigenvalue weighted by molar-refractivity contribution is -0.138. The number of aliphatic carboxylic acids is 1. The summed E-state index contributed by atoms with van der Waals surface area (Å²) in [5.41, 5.74) is 3.07. The van der Waals surface area contributed by atoms with Gasteiger partial charge >= 0.3 is 5.97 Å². The van der Waals surface area contributed by atoms with E-state index in [9.17, 15) is 4.79 Å². The van der Waals surface area contributed by atoms with Gasteiger partial charge in [0.15, 0.2) is 0 Å². The Bertz CT molecular complexity index is 398. The molecule has 0 heterocycles. The highest BCUT2D eigenvalue weighted by atomic mass is 79.9. The zero-order valence-electron chi connectivity index (χ0n) is 8.78. The van der Waals surface area contributed by atoms with E-state index in [4.69, 9.17) is 16.7 Å². The fraction of sp³-hybridized carbons (Fsp3) is 0.250. The molecule has 1 N–H and O–H groups in total. The van der Waals surface area contributed by atoms with E-state index in [0.29, 0.717) is 6.42 Å². The number of hydrogen-bond donors (Lipinski definition) is 1. The van der Waals surface area contributed by atoms with Crippen molar-refractivity contribution in [3.63, 3.8) is 0 Å². The van der Waals surface area contributed by atoms with Gasteiger partial charge in [-0.05, 0) is 31.0 Å². The monoisotopic (exact) mass is 302 g/mol. The molecule has 1 aromatic carbocycles. The lowest BCUT2D eigenvalue weighted by Crippen LogP contribution is -2.11. The summed E-state index contributed by atoms with van der Waals surface area (Å²) in [5, 5.41) is 9.16. The molecule has 0 aliphatic heterocycles. The van der Waals surface area contributed by atoms with Crippen LogP contribution >= 0.6 is 27.5 Å². The van der Waals surface area contributed by atoms with Crippen molar-refractivity contribution in [2.24, 2.45) is 0 Å². The van der Waals surface area contributed by atoms with Crippen molar-refractivity contribution < 1.29 is 9.90 Å². The third-order valence-corrected chi connectivity index (χ3v) is 3.18. The second-order valence-corrected chi connectivity index (χ2v) is 4.74. The number of carboxylic acid groups (broad SMARTS) is 1. The van der Waals surface area contributed by atoms with E-state index in [1.165, 1.54) is 5.54 Å². The fourth-order valence-corrected chi connectivity index (χ4v) is 1.76. The van der Waals surface area contributed by atoms with Crippen LogP contribution < -0.4 is 0 Å². The molecule has 0 amide bonds. The van der Waals surface area contributed by atoms with Crippen LogP contribution in [0.25, 0.3) is 0 Å². The Morgan fingerprint density at radius 3 is 2.50 bits per heavy atom. The van der Waals surface area contributed by atoms with Gasteiger partial charge in [-0.15, -0.1) is 0 Å². The van der Waals surface area contributed by atoms with Gasteiger partial charge in [-0.1, -0.05) is 45.2 Å². The summed E-state index contributed by atoms with van der Waals surface area (Å²) < 4.78 is 0.935. The molecule has 0 bridgehead atoms. The van der Waals surface area contributed by atoms with Crippen molar-refractivity contribution in [2.45, 2.75) is 19.3 Å². The van der Waals surface area contributed by atoms with Crippen molar-refractivity contribution in [3.8, 4) is 0 Å². The summed E-state index contributed by atoms with van der Waals surface area (Å²) in [6.07, 6.45) is 0.431. The summed E-state index contributed by atoms with van der Waals surface area (Å²) in [6.45, 7) is 1.82. The lowest BCUT2D eigenvalue weighted by atomic mass is 9.93. The zero-order valence-corrected chi connectivity index (χ0v) is 11.1. The maximum Gasteiger partial charge on any atom is 0.311 e. The largest absolute Gasteiger partial charge is 0.481 e. The molecule has 1 unspecified atom stereocenters. The van der Waals surface area contributed by atoms with E-state index >= 15 is 0 Å². The Kier molecular flexibility index (Phi) is 5.03. The Morgan fingerprint density at radius 2 is 2.06 bits per heavy atom. The highest BCUT2D eigenvalue weighted by molar-refractivity contribution is 9.10. The van der Waals surface area contributed by atoms with Crippen molar-refractivity contribution in [1.82, 2.24) is 0 Å². The molecule has 0 aliphatic rings. The van der Waals surface area contributed by atoms with Crippen LogP contribution in [0.2, 0.25) is 0 Å². The molecule has 16 heavy (non-hydrogen) atoms. The van der Waals surface area contributed by atoms with E-state index < -0.39 is 11.9 Å².